The number of amides is 1. The van der Waals surface area contributed by atoms with Crippen LogP contribution in [0.3, 0.4) is 0 Å². The molecule has 3 rings (SSSR count). The first-order valence-electron chi connectivity index (χ1n) is 5.69. The van der Waals surface area contributed by atoms with Crippen LogP contribution in [0.25, 0.3) is 21.2 Å². The molecule has 3 nitrogen and oxygen atoms in total. The third-order valence-electron chi connectivity index (χ3n) is 2.92. The Morgan fingerprint density at radius 1 is 1.15 bits per heavy atom. The predicted octanol–water partition coefficient (Wildman–Crippen LogP) is 4.37. The highest BCUT2D eigenvalue weighted by molar-refractivity contribution is 7.20. The Labute approximate surface area is 129 Å². The molecule has 0 bridgehead atoms. The highest BCUT2D eigenvalue weighted by Gasteiger charge is 2.12. The summed E-state index contributed by atoms with van der Waals surface area (Å²) in [6.45, 7) is 0. The van der Waals surface area contributed by atoms with Crippen molar-refractivity contribution in [2.24, 2.45) is 5.73 Å². The van der Waals surface area contributed by atoms with Gasteiger partial charge in [-0.25, -0.2) is 0 Å². The van der Waals surface area contributed by atoms with E-state index in [1.54, 1.807) is 30.6 Å². The number of nitrogens with two attached hydrogens (primary N) is 1. The van der Waals surface area contributed by atoms with Crippen molar-refractivity contribution < 1.29 is 4.79 Å². The van der Waals surface area contributed by atoms with Crippen molar-refractivity contribution >= 4 is 50.5 Å². The summed E-state index contributed by atoms with van der Waals surface area (Å²) in [7, 11) is 0. The highest BCUT2D eigenvalue weighted by atomic mass is 35.5. The minimum absolute atomic E-state index is 0.439. The molecule has 2 aromatic heterocycles. The zero-order valence-electron chi connectivity index (χ0n) is 10.1. The van der Waals surface area contributed by atoms with Gasteiger partial charge in [0.15, 0.2) is 0 Å². The average molecular weight is 323 g/mol. The van der Waals surface area contributed by atoms with Gasteiger partial charge in [-0.05, 0) is 23.8 Å². The molecule has 6 heteroatoms. The van der Waals surface area contributed by atoms with Crippen molar-refractivity contribution in [3.8, 4) is 11.1 Å². The summed E-state index contributed by atoms with van der Waals surface area (Å²) in [6, 6.07) is 7.16. The van der Waals surface area contributed by atoms with Gasteiger partial charge in [0.25, 0.3) is 5.91 Å². The fourth-order valence-corrected chi connectivity index (χ4v) is 3.18. The number of nitrogens with zero attached hydrogens (tertiary/aromatic N) is 1. The van der Waals surface area contributed by atoms with Crippen molar-refractivity contribution in [3.05, 3.63) is 51.6 Å². The number of primary amides is 1. The van der Waals surface area contributed by atoms with E-state index in [9.17, 15) is 4.79 Å². The molecular weight excluding hydrogens is 315 g/mol. The largest absolute Gasteiger partial charge is 0.365 e. The Hall–Kier alpha value is -1.62. The van der Waals surface area contributed by atoms with E-state index in [2.05, 4.69) is 4.98 Å². The van der Waals surface area contributed by atoms with E-state index in [0.717, 1.165) is 21.2 Å². The maximum absolute atomic E-state index is 11.3. The van der Waals surface area contributed by atoms with Crippen LogP contribution in [0.1, 0.15) is 9.67 Å². The third-order valence-corrected chi connectivity index (χ3v) is 4.74. The number of halogens is 2. The number of rotatable bonds is 2. The van der Waals surface area contributed by atoms with Crippen molar-refractivity contribution in [1.29, 1.82) is 0 Å². The van der Waals surface area contributed by atoms with Gasteiger partial charge in [0.2, 0.25) is 0 Å². The molecule has 2 heterocycles. The molecule has 3 aromatic rings. The maximum atomic E-state index is 11.3. The van der Waals surface area contributed by atoms with Crippen LogP contribution in [0.2, 0.25) is 10.0 Å². The Kier molecular flexibility index (Phi) is 3.38. The van der Waals surface area contributed by atoms with Crippen LogP contribution in [0.4, 0.5) is 0 Å². The van der Waals surface area contributed by atoms with Crippen molar-refractivity contribution in [3.63, 3.8) is 0 Å². The highest BCUT2D eigenvalue weighted by Crippen LogP contribution is 2.35. The fraction of sp³-hybridized carbons (Fsp3) is 0. The number of benzene rings is 1. The topological polar surface area (TPSA) is 56.0 Å². The first-order chi connectivity index (χ1) is 9.56. The van der Waals surface area contributed by atoms with Crippen molar-refractivity contribution in [2.45, 2.75) is 0 Å². The van der Waals surface area contributed by atoms with Gasteiger partial charge in [0.05, 0.1) is 19.6 Å². The number of hydrogen-bond donors (Lipinski definition) is 1. The molecule has 1 amide bonds. The van der Waals surface area contributed by atoms with Gasteiger partial charge in [-0.3, -0.25) is 9.78 Å². The lowest BCUT2D eigenvalue weighted by Gasteiger charge is -2.04. The monoisotopic (exact) mass is 322 g/mol. The molecule has 0 saturated carbocycles. The second kappa shape index (κ2) is 5.05. The smallest absolute Gasteiger partial charge is 0.258 e. The summed E-state index contributed by atoms with van der Waals surface area (Å²) in [5.41, 5.74) is 7.11. The first-order valence-corrected chi connectivity index (χ1v) is 7.26. The second-order valence-corrected chi connectivity index (χ2v) is 6.10. The lowest BCUT2D eigenvalue weighted by Crippen LogP contribution is -2.08. The summed E-state index contributed by atoms with van der Waals surface area (Å²) < 4.78 is 0.905. The molecule has 0 aliphatic rings. The summed E-state index contributed by atoms with van der Waals surface area (Å²) in [4.78, 5) is 16.0. The molecule has 0 aliphatic carbocycles. The third kappa shape index (κ3) is 2.26. The Morgan fingerprint density at radius 2 is 1.95 bits per heavy atom. The lowest BCUT2D eigenvalue weighted by atomic mass is 10.0. The number of carbonyl (C=O) groups is 1. The number of pyridine rings is 1. The number of carbonyl (C=O) groups excluding carboxylic acids is 1. The molecule has 0 radical (unpaired) electrons. The molecule has 2 N–H and O–H groups in total. The van der Waals surface area contributed by atoms with E-state index < -0.39 is 5.91 Å². The van der Waals surface area contributed by atoms with E-state index in [1.165, 1.54) is 11.3 Å². The van der Waals surface area contributed by atoms with E-state index in [4.69, 9.17) is 28.9 Å². The summed E-state index contributed by atoms with van der Waals surface area (Å²) in [5.74, 6) is -0.439. The second-order valence-electron chi connectivity index (χ2n) is 4.20. The van der Waals surface area contributed by atoms with E-state index in [-0.39, 0.29) is 0 Å². The molecular formula is C14H8Cl2N2OS. The molecule has 20 heavy (non-hydrogen) atoms. The molecule has 0 aliphatic heterocycles. The summed E-state index contributed by atoms with van der Waals surface area (Å²) in [5, 5.41) is 1.91. The standard InChI is InChI=1S/C14H8Cl2N2OS/c15-10-2-1-7(3-11(10)16)9-5-18-6-13-8(9)4-12(20-13)14(17)19/h1-6H,(H2,17,19). The van der Waals surface area contributed by atoms with Crippen molar-refractivity contribution in [1.82, 2.24) is 4.98 Å². The first kappa shape index (κ1) is 13.4. The molecule has 0 unspecified atom stereocenters. The zero-order valence-corrected chi connectivity index (χ0v) is 12.4. The van der Waals surface area contributed by atoms with Crippen LogP contribution >= 0.6 is 34.5 Å². The summed E-state index contributed by atoms with van der Waals surface area (Å²) in [6.07, 6.45) is 3.45. The number of fused-ring (bicyclic) bond motifs is 1. The fourth-order valence-electron chi connectivity index (χ4n) is 1.98. The molecule has 0 fully saturated rings. The Morgan fingerprint density at radius 3 is 2.65 bits per heavy atom. The lowest BCUT2D eigenvalue weighted by molar-refractivity contribution is 0.100. The quantitative estimate of drug-likeness (QED) is 0.761. The Balaban J connectivity index is 2.24. The number of aromatic nitrogens is 1. The molecule has 0 saturated heterocycles. The van der Waals surface area contributed by atoms with E-state index >= 15 is 0 Å². The SMILES string of the molecule is NC(=O)c1cc2c(-c3ccc(Cl)c(Cl)c3)cncc2s1. The maximum Gasteiger partial charge on any atom is 0.258 e. The molecule has 100 valence electrons. The van der Waals surface area contributed by atoms with Crippen LogP contribution in [0, 0.1) is 0 Å². The zero-order chi connectivity index (χ0) is 14.3. The minimum atomic E-state index is -0.439. The van der Waals surface area contributed by atoms with Crippen LogP contribution in [-0.2, 0) is 0 Å². The molecule has 0 spiro atoms. The van der Waals surface area contributed by atoms with Crippen molar-refractivity contribution in [2.75, 3.05) is 0 Å². The normalized spacial score (nSPS) is 10.9. The van der Waals surface area contributed by atoms with Crippen LogP contribution in [0.15, 0.2) is 36.7 Å². The van der Waals surface area contributed by atoms with Gasteiger partial charge >= 0.3 is 0 Å². The van der Waals surface area contributed by atoms with E-state index in [0.29, 0.717) is 14.9 Å². The number of thiophene rings is 1. The average Bonchev–Trinajstić information content (AvgIpc) is 2.86. The van der Waals surface area contributed by atoms with Gasteiger partial charge in [-0.15, -0.1) is 11.3 Å². The Bertz CT molecular complexity index is 829. The predicted molar refractivity (Wildman–Crippen MR) is 83.6 cm³/mol. The van der Waals surface area contributed by atoms with E-state index in [1.807, 2.05) is 6.07 Å². The summed E-state index contributed by atoms with van der Waals surface area (Å²) >= 11 is 13.3. The van der Waals surface area contributed by atoms with Crippen LogP contribution < -0.4 is 5.73 Å². The molecule has 1 aromatic carbocycles. The van der Waals surface area contributed by atoms with Gasteiger partial charge in [0.1, 0.15) is 0 Å². The minimum Gasteiger partial charge on any atom is -0.365 e. The molecule has 0 atom stereocenters. The number of hydrogen-bond acceptors (Lipinski definition) is 3. The van der Waals surface area contributed by atoms with Gasteiger partial charge < -0.3 is 5.73 Å². The van der Waals surface area contributed by atoms with Crippen LogP contribution in [-0.4, -0.2) is 10.9 Å². The van der Waals surface area contributed by atoms with Gasteiger partial charge in [-0.1, -0.05) is 29.3 Å². The van der Waals surface area contributed by atoms with Crippen LogP contribution in [0.5, 0.6) is 0 Å². The van der Waals surface area contributed by atoms with Gasteiger partial charge in [-0.2, -0.15) is 0 Å². The van der Waals surface area contributed by atoms with Gasteiger partial charge in [0, 0.05) is 23.3 Å².